The molecule has 26 heavy (non-hydrogen) atoms. The van der Waals surface area contributed by atoms with E-state index in [-0.39, 0.29) is 5.78 Å². The lowest BCUT2D eigenvalue weighted by molar-refractivity contribution is -0.123. The number of carbonyl (C=O) groups excluding carboxylic acids is 3. The number of hydrogen-bond donors (Lipinski definition) is 1. The number of hydrogen-bond acceptors (Lipinski definition) is 5. The van der Waals surface area contributed by atoms with Crippen LogP contribution in [-0.2, 0) is 20.9 Å². The monoisotopic (exact) mass is 355 g/mol. The molecule has 6 heteroatoms. The predicted octanol–water partition coefficient (Wildman–Crippen LogP) is 3.22. The molecule has 136 valence electrons. The molecule has 0 spiro atoms. The minimum Gasteiger partial charge on any atom is -0.449 e. The van der Waals surface area contributed by atoms with Crippen LogP contribution in [0, 0.1) is 0 Å². The van der Waals surface area contributed by atoms with E-state index in [2.05, 4.69) is 5.32 Å². The topological polar surface area (TPSA) is 81.7 Å². The predicted molar refractivity (Wildman–Crippen MR) is 97.1 cm³/mol. The summed E-state index contributed by atoms with van der Waals surface area (Å²) in [5, 5.41) is 2.63. The number of carbonyl (C=O) groups is 3. The molecule has 0 aliphatic rings. The van der Waals surface area contributed by atoms with Gasteiger partial charge < -0.3 is 14.8 Å². The second-order valence-corrected chi connectivity index (χ2v) is 5.80. The van der Waals surface area contributed by atoms with Crippen LogP contribution in [0.5, 0.6) is 0 Å². The summed E-state index contributed by atoms with van der Waals surface area (Å²) in [6.45, 7) is 3.39. The first-order chi connectivity index (χ1) is 12.4. The second kappa shape index (κ2) is 8.92. The Bertz CT molecular complexity index is 798. The van der Waals surface area contributed by atoms with Crippen LogP contribution in [0.4, 0.5) is 5.69 Å². The highest BCUT2D eigenvalue weighted by molar-refractivity contribution is 5.99. The normalized spacial score (nSPS) is 11.5. The van der Waals surface area contributed by atoms with Crippen LogP contribution in [0.1, 0.15) is 40.1 Å². The van der Waals surface area contributed by atoms with E-state index in [1.807, 2.05) is 0 Å². The van der Waals surface area contributed by atoms with Gasteiger partial charge in [-0.3, -0.25) is 9.59 Å². The van der Waals surface area contributed by atoms with E-state index in [1.54, 1.807) is 55.6 Å². The van der Waals surface area contributed by atoms with E-state index in [0.717, 1.165) is 5.56 Å². The Hall–Kier alpha value is -2.99. The molecule has 1 N–H and O–H groups in total. The Morgan fingerprint density at radius 1 is 1.04 bits per heavy atom. The van der Waals surface area contributed by atoms with Crippen molar-refractivity contribution in [2.24, 2.45) is 0 Å². The molecule has 6 nitrogen and oxygen atoms in total. The minimum absolute atomic E-state index is 0.0995. The van der Waals surface area contributed by atoms with Gasteiger partial charge in [-0.15, -0.1) is 0 Å². The maximum absolute atomic E-state index is 12.2. The quantitative estimate of drug-likeness (QED) is 0.609. The molecule has 1 atom stereocenters. The summed E-state index contributed by atoms with van der Waals surface area (Å²) in [6, 6.07) is 13.3. The number of anilines is 1. The Morgan fingerprint density at radius 3 is 2.35 bits per heavy atom. The number of ether oxygens (including phenoxy) is 2. The highest BCUT2D eigenvalue weighted by Gasteiger charge is 2.19. The van der Waals surface area contributed by atoms with Crippen LogP contribution in [0.25, 0.3) is 0 Å². The van der Waals surface area contributed by atoms with E-state index >= 15 is 0 Å². The molecular formula is C20H21NO5. The number of esters is 1. The lowest BCUT2D eigenvalue weighted by Crippen LogP contribution is -2.30. The molecule has 2 rings (SSSR count). The van der Waals surface area contributed by atoms with E-state index in [4.69, 9.17) is 9.47 Å². The second-order valence-electron chi connectivity index (χ2n) is 5.80. The number of nitrogens with one attached hydrogen (secondary N) is 1. The first-order valence-corrected chi connectivity index (χ1v) is 8.11. The van der Waals surface area contributed by atoms with Gasteiger partial charge in [0, 0.05) is 18.4 Å². The average molecular weight is 355 g/mol. The largest absolute Gasteiger partial charge is 0.449 e. The van der Waals surface area contributed by atoms with Gasteiger partial charge in [-0.25, -0.2) is 4.79 Å². The lowest BCUT2D eigenvalue weighted by atomic mass is 10.1. The number of amides is 1. The molecule has 0 heterocycles. The fourth-order valence-corrected chi connectivity index (χ4v) is 2.25. The maximum Gasteiger partial charge on any atom is 0.338 e. The third-order valence-corrected chi connectivity index (χ3v) is 3.69. The average Bonchev–Trinajstić information content (AvgIpc) is 2.62. The van der Waals surface area contributed by atoms with E-state index < -0.39 is 18.0 Å². The summed E-state index contributed by atoms with van der Waals surface area (Å²) in [5.41, 5.74) is 2.24. The first kappa shape index (κ1) is 19.3. The first-order valence-electron chi connectivity index (χ1n) is 8.11. The molecule has 0 saturated heterocycles. The van der Waals surface area contributed by atoms with Crippen molar-refractivity contribution in [3.63, 3.8) is 0 Å². The summed E-state index contributed by atoms with van der Waals surface area (Å²) in [6.07, 6.45) is -0.984. The standard InChI is InChI=1S/C20H21NO5/c1-13(22)17-5-4-6-18(11-17)21-19(23)14(2)26-20(24)16-9-7-15(8-10-16)12-25-3/h4-11,14H,12H2,1-3H3,(H,21,23)/t14-/m0/s1. The molecule has 0 aliphatic carbocycles. The summed E-state index contributed by atoms with van der Waals surface area (Å²) in [4.78, 5) is 35.8. The third kappa shape index (κ3) is 5.26. The molecule has 0 fully saturated rings. The van der Waals surface area contributed by atoms with Crippen LogP contribution in [0.15, 0.2) is 48.5 Å². The smallest absolute Gasteiger partial charge is 0.338 e. The zero-order chi connectivity index (χ0) is 19.1. The van der Waals surface area contributed by atoms with Crippen molar-refractivity contribution in [1.82, 2.24) is 0 Å². The minimum atomic E-state index is -0.984. The number of ketones is 1. The maximum atomic E-state index is 12.2. The van der Waals surface area contributed by atoms with Crippen molar-refractivity contribution in [3.05, 3.63) is 65.2 Å². The summed E-state index contributed by atoms with van der Waals surface area (Å²) in [7, 11) is 1.59. The van der Waals surface area contributed by atoms with E-state index in [0.29, 0.717) is 23.4 Å². The third-order valence-electron chi connectivity index (χ3n) is 3.69. The number of Topliss-reactive ketones (excluding diaryl/α,β-unsaturated/α-hetero) is 1. The fourth-order valence-electron chi connectivity index (χ4n) is 2.25. The highest BCUT2D eigenvalue weighted by Crippen LogP contribution is 2.13. The Balaban J connectivity index is 1.96. The van der Waals surface area contributed by atoms with Gasteiger partial charge in [-0.1, -0.05) is 24.3 Å². The molecule has 0 aromatic heterocycles. The SMILES string of the molecule is COCc1ccc(C(=O)O[C@@H](C)C(=O)Nc2cccc(C(C)=O)c2)cc1. The van der Waals surface area contributed by atoms with Gasteiger partial charge in [0.25, 0.3) is 5.91 Å². The fraction of sp³-hybridized carbons (Fsp3) is 0.250. The molecule has 0 bridgehead atoms. The van der Waals surface area contributed by atoms with Crippen molar-refractivity contribution in [1.29, 1.82) is 0 Å². The zero-order valence-electron chi connectivity index (χ0n) is 14.9. The van der Waals surface area contributed by atoms with Crippen LogP contribution in [0.2, 0.25) is 0 Å². The van der Waals surface area contributed by atoms with Gasteiger partial charge in [-0.05, 0) is 43.7 Å². The van der Waals surface area contributed by atoms with Crippen molar-refractivity contribution in [2.75, 3.05) is 12.4 Å². The number of benzene rings is 2. The van der Waals surface area contributed by atoms with Crippen molar-refractivity contribution < 1.29 is 23.9 Å². The van der Waals surface area contributed by atoms with Gasteiger partial charge in [-0.2, -0.15) is 0 Å². The molecule has 0 aliphatic heterocycles. The van der Waals surface area contributed by atoms with E-state index in [1.165, 1.54) is 13.8 Å². The molecule has 2 aromatic carbocycles. The molecule has 0 saturated carbocycles. The molecule has 0 unspecified atom stereocenters. The summed E-state index contributed by atoms with van der Waals surface area (Å²) >= 11 is 0. The van der Waals surface area contributed by atoms with Crippen molar-refractivity contribution in [2.45, 2.75) is 26.6 Å². The van der Waals surface area contributed by atoms with Crippen LogP contribution in [0.3, 0.4) is 0 Å². The van der Waals surface area contributed by atoms with Gasteiger partial charge in [0.1, 0.15) is 0 Å². The molecule has 1 amide bonds. The Morgan fingerprint density at radius 2 is 1.73 bits per heavy atom. The molecular weight excluding hydrogens is 334 g/mol. The van der Waals surface area contributed by atoms with Crippen molar-refractivity contribution >= 4 is 23.3 Å². The van der Waals surface area contributed by atoms with Gasteiger partial charge in [0.15, 0.2) is 11.9 Å². The zero-order valence-corrected chi connectivity index (χ0v) is 14.9. The lowest BCUT2D eigenvalue weighted by Gasteiger charge is -2.14. The van der Waals surface area contributed by atoms with E-state index in [9.17, 15) is 14.4 Å². The van der Waals surface area contributed by atoms with Crippen LogP contribution >= 0.6 is 0 Å². The molecule has 0 radical (unpaired) electrons. The highest BCUT2D eigenvalue weighted by atomic mass is 16.5. The van der Waals surface area contributed by atoms with Crippen LogP contribution in [-0.4, -0.2) is 30.9 Å². The summed E-state index contributed by atoms with van der Waals surface area (Å²) < 4.78 is 10.2. The van der Waals surface area contributed by atoms with Gasteiger partial charge in [0.2, 0.25) is 0 Å². The van der Waals surface area contributed by atoms with Gasteiger partial charge >= 0.3 is 5.97 Å². The summed E-state index contributed by atoms with van der Waals surface area (Å²) in [5.74, 6) is -1.17. The Labute approximate surface area is 152 Å². The number of rotatable bonds is 7. The van der Waals surface area contributed by atoms with Crippen molar-refractivity contribution in [3.8, 4) is 0 Å². The molecule has 2 aromatic rings. The van der Waals surface area contributed by atoms with Crippen LogP contribution < -0.4 is 5.32 Å². The number of methoxy groups -OCH3 is 1. The Kier molecular flexibility index (Phi) is 6.63. The van der Waals surface area contributed by atoms with Gasteiger partial charge in [0.05, 0.1) is 12.2 Å².